The highest BCUT2D eigenvalue weighted by Gasteiger charge is 2.49. The van der Waals surface area contributed by atoms with Crippen molar-refractivity contribution in [3.8, 4) is 11.5 Å². The number of aromatic nitrogens is 2. The fourth-order valence-corrected chi connectivity index (χ4v) is 4.50. The first-order chi connectivity index (χ1) is 16.8. The van der Waals surface area contributed by atoms with Gasteiger partial charge in [0.2, 0.25) is 5.91 Å². The molecule has 0 spiro atoms. The summed E-state index contributed by atoms with van der Waals surface area (Å²) in [5.74, 6) is -0.537. The number of aryl methyl sites for hydroxylation is 1. The van der Waals surface area contributed by atoms with Gasteiger partial charge in [0.25, 0.3) is 5.91 Å². The molecule has 0 saturated heterocycles. The van der Waals surface area contributed by atoms with Gasteiger partial charge in [-0.3, -0.25) is 19.2 Å². The molecule has 35 heavy (non-hydrogen) atoms. The summed E-state index contributed by atoms with van der Waals surface area (Å²) < 4.78 is 20.7. The fourth-order valence-electron chi connectivity index (χ4n) is 4.50. The lowest BCUT2D eigenvalue weighted by Gasteiger charge is -2.43. The smallest absolute Gasteiger partial charge is 0.277 e. The van der Waals surface area contributed by atoms with Crippen molar-refractivity contribution in [1.82, 2.24) is 15.1 Å². The molecule has 8 heteroatoms. The SMILES string of the molecule is Cc1cccc(N2C(=O)c3cc(-c4ccco4)nn3C[C@]2(C)C(=O)NCc2cccc(F)c2)c1C. The van der Waals surface area contributed by atoms with Gasteiger partial charge in [-0.15, -0.1) is 0 Å². The van der Waals surface area contributed by atoms with Crippen LogP contribution in [-0.2, 0) is 17.9 Å². The van der Waals surface area contributed by atoms with E-state index in [0.717, 1.165) is 11.1 Å². The molecule has 0 radical (unpaired) electrons. The number of furan rings is 1. The predicted molar refractivity (Wildman–Crippen MR) is 129 cm³/mol. The van der Waals surface area contributed by atoms with Crippen molar-refractivity contribution in [1.29, 1.82) is 0 Å². The Morgan fingerprint density at radius 3 is 2.69 bits per heavy atom. The number of carbonyl (C=O) groups excluding carboxylic acids is 2. The van der Waals surface area contributed by atoms with Crippen LogP contribution in [0.1, 0.15) is 34.1 Å². The van der Waals surface area contributed by atoms with E-state index in [2.05, 4.69) is 10.4 Å². The first-order valence-corrected chi connectivity index (χ1v) is 11.3. The van der Waals surface area contributed by atoms with Crippen LogP contribution >= 0.6 is 0 Å². The zero-order chi connectivity index (χ0) is 24.7. The molecule has 1 N–H and O–H groups in total. The van der Waals surface area contributed by atoms with Gasteiger partial charge in [0.15, 0.2) is 5.76 Å². The molecule has 1 aliphatic rings. The Hall–Kier alpha value is -4.20. The Kier molecular flexibility index (Phi) is 5.51. The number of carbonyl (C=O) groups is 2. The lowest BCUT2D eigenvalue weighted by atomic mass is 9.92. The fraction of sp³-hybridized carbons (Fsp3) is 0.222. The normalized spacial score (nSPS) is 17.4. The van der Waals surface area contributed by atoms with E-state index in [1.54, 1.807) is 53.1 Å². The molecule has 3 heterocycles. The van der Waals surface area contributed by atoms with Crippen molar-refractivity contribution in [3.05, 3.63) is 95.1 Å². The molecular formula is C27H25FN4O3. The highest BCUT2D eigenvalue weighted by atomic mass is 19.1. The van der Waals surface area contributed by atoms with Crippen LogP contribution in [0.4, 0.5) is 10.1 Å². The van der Waals surface area contributed by atoms with Gasteiger partial charge in [-0.2, -0.15) is 5.10 Å². The molecule has 0 fully saturated rings. The van der Waals surface area contributed by atoms with Gasteiger partial charge in [0, 0.05) is 18.3 Å². The van der Waals surface area contributed by atoms with E-state index in [1.807, 2.05) is 32.0 Å². The molecule has 1 atom stereocenters. The molecule has 0 saturated carbocycles. The summed E-state index contributed by atoms with van der Waals surface area (Å²) in [6.07, 6.45) is 1.54. The summed E-state index contributed by atoms with van der Waals surface area (Å²) in [6.45, 7) is 5.89. The average molecular weight is 473 g/mol. The first kappa shape index (κ1) is 22.6. The van der Waals surface area contributed by atoms with Crippen molar-refractivity contribution < 1.29 is 18.4 Å². The number of anilines is 1. The maximum Gasteiger partial charge on any atom is 0.277 e. The minimum Gasteiger partial charge on any atom is -0.463 e. The van der Waals surface area contributed by atoms with Crippen molar-refractivity contribution >= 4 is 17.5 Å². The number of hydrogen-bond acceptors (Lipinski definition) is 4. The molecule has 0 bridgehead atoms. The van der Waals surface area contributed by atoms with Gasteiger partial charge in [-0.05, 0) is 67.8 Å². The monoisotopic (exact) mass is 472 g/mol. The van der Waals surface area contributed by atoms with Gasteiger partial charge in [0.05, 0.1) is 12.8 Å². The van der Waals surface area contributed by atoms with Gasteiger partial charge in [-0.1, -0.05) is 24.3 Å². The highest BCUT2D eigenvalue weighted by Crippen LogP contribution is 2.36. The Bertz CT molecular complexity index is 1430. The molecule has 2 aromatic heterocycles. The van der Waals surface area contributed by atoms with Crippen molar-refractivity contribution in [2.45, 2.75) is 39.4 Å². The van der Waals surface area contributed by atoms with Gasteiger partial charge in [0.1, 0.15) is 22.7 Å². The topological polar surface area (TPSA) is 80.4 Å². The Morgan fingerprint density at radius 1 is 1.14 bits per heavy atom. The second kappa shape index (κ2) is 8.54. The van der Waals surface area contributed by atoms with Crippen molar-refractivity contribution in [3.63, 3.8) is 0 Å². The van der Waals surface area contributed by atoms with E-state index in [-0.39, 0.29) is 30.7 Å². The second-order valence-electron chi connectivity index (χ2n) is 9.00. The van der Waals surface area contributed by atoms with E-state index in [4.69, 9.17) is 4.42 Å². The molecular weight excluding hydrogens is 447 g/mol. The van der Waals surface area contributed by atoms with Crippen LogP contribution in [0.25, 0.3) is 11.5 Å². The summed E-state index contributed by atoms with van der Waals surface area (Å²) in [7, 11) is 0. The summed E-state index contributed by atoms with van der Waals surface area (Å²) in [5, 5.41) is 7.46. The van der Waals surface area contributed by atoms with E-state index in [1.165, 1.54) is 12.1 Å². The van der Waals surface area contributed by atoms with Crippen LogP contribution in [0, 0.1) is 19.7 Å². The summed E-state index contributed by atoms with van der Waals surface area (Å²) in [6, 6.07) is 16.9. The van der Waals surface area contributed by atoms with E-state index in [9.17, 15) is 14.0 Å². The summed E-state index contributed by atoms with van der Waals surface area (Å²) in [5.41, 5.74) is 2.80. The molecule has 2 aromatic carbocycles. The van der Waals surface area contributed by atoms with Crippen molar-refractivity contribution in [2.24, 2.45) is 0 Å². The number of nitrogens with one attached hydrogen (secondary N) is 1. The third kappa shape index (κ3) is 3.90. The molecule has 5 rings (SSSR count). The van der Waals surface area contributed by atoms with Crippen LogP contribution in [0.3, 0.4) is 0 Å². The first-order valence-electron chi connectivity index (χ1n) is 11.3. The quantitative estimate of drug-likeness (QED) is 0.459. The zero-order valence-corrected chi connectivity index (χ0v) is 19.7. The second-order valence-corrected chi connectivity index (χ2v) is 9.00. The number of nitrogens with zero attached hydrogens (tertiary/aromatic N) is 3. The number of hydrogen-bond donors (Lipinski definition) is 1. The number of rotatable bonds is 5. The lowest BCUT2D eigenvalue weighted by Crippen LogP contribution is -2.64. The third-order valence-electron chi connectivity index (χ3n) is 6.58. The lowest BCUT2D eigenvalue weighted by molar-refractivity contribution is -0.126. The molecule has 1 aliphatic heterocycles. The molecule has 178 valence electrons. The van der Waals surface area contributed by atoms with E-state index < -0.39 is 5.54 Å². The van der Waals surface area contributed by atoms with E-state index >= 15 is 0 Å². The zero-order valence-electron chi connectivity index (χ0n) is 19.7. The largest absolute Gasteiger partial charge is 0.463 e. The third-order valence-corrected chi connectivity index (χ3v) is 6.58. The predicted octanol–water partition coefficient (Wildman–Crippen LogP) is 4.63. The number of benzene rings is 2. The molecule has 0 unspecified atom stereocenters. The maximum atomic E-state index is 13.9. The summed E-state index contributed by atoms with van der Waals surface area (Å²) >= 11 is 0. The molecule has 4 aromatic rings. The Balaban J connectivity index is 1.57. The molecule has 0 aliphatic carbocycles. The minimum absolute atomic E-state index is 0.130. The van der Waals surface area contributed by atoms with Crippen LogP contribution in [0.2, 0.25) is 0 Å². The minimum atomic E-state index is -1.29. The standard InChI is InChI=1S/C27H25FN4O3/c1-17-7-4-10-22(18(17)2)32-25(33)23-14-21(24-11-6-12-35-24)30-31(23)16-27(32,3)26(34)29-15-19-8-5-9-20(28)13-19/h4-14H,15-16H2,1-3H3,(H,29,34)/t27-/m1/s1. The average Bonchev–Trinajstić information content (AvgIpc) is 3.50. The van der Waals surface area contributed by atoms with Gasteiger partial charge in [-0.25, -0.2) is 4.39 Å². The van der Waals surface area contributed by atoms with Crippen LogP contribution in [0.5, 0.6) is 0 Å². The number of amides is 2. The Morgan fingerprint density at radius 2 is 1.94 bits per heavy atom. The number of halogens is 1. The van der Waals surface area contributed by atoms with Gasteiger partial charge < -0.3 is 9.73 Å². The van der Waals surface area contributed by atoms with Crippen molar-refractivity contribution in [2.75, 3.05) is 4.90 Å². The number of fused-ring (bicyclic) bond motifs is 1. The summed E-state index contributed by atoms with van der Waals surface area (Å²) in [4.78, 5) is 29.2. The highest BCUT2D eigenvalue weighted by molar-refractivity contribution is 6.12. The molecule has 2 amide bonds. The van der Waals surface area contributed by atoms with E-state index in [0.29, 0.717) is 28.4 Å². The Labute approximate surface area is 202 Å². The maximum absolute atomic E-state index is 13.9. The van der Waals surface area contributed by atoms with Crippen LogP contribution < -0.4 is 10.2 Å². The van der Waals surface area contributed by atoms with Gasteiger partial charge >= 0.3 is 0 Å². The van der Waals surface area contributed by atoms with Crippen LogP contribution in [-0.4, -0.2) is 27.1 Å². The van der Waals surface area contributed by atoms with Crippen LogP contribution in [0.15, 0.2) is 71.3 Å². The molecule has 7 nitrogen and oxygen atoms in total.